The fourth-order valence-electron chi connectivity index (χ4n) is 4.47. The van der Waals surface area contributed by atoms with Crippen LogP contribution in [0.5, 0.6) is 5.75 Å². The summed E-state index contributed by atoms with van der Waals surface area (Å²) in [4.78, 5) is 53.5. The Labute approximate surface area is 247 Å². The van der Waals surface area contributed by atoms with Crippen LogP contribution in [-0.4, -0.2) is 41.2 Å². The first kappa shape index (κ1) is 33.7. The van der Waals surface area contributed by atoms with Crippen LogP contribution in [0.1, 0.15) is 73.0 Å². The molecule has 2 aromatic heterocycles. The molecule has 3 aromatic rings. The number of Topliss-reactive ketones (excluding diaryl/α,β-unsaturated/α-hetero) is 1. The predicted octanol–water partition coefficient (Wildman–Crippen LogP) is 4.57. The molecule has 2 heterocycles. The molecule has 0 aliphatic rings. The zero-order valence-electron chi connectivity index (χ0n) is 23.6. The van der Waals surface area contributed by atoms with E-state index in [4.69, 9.17) is 19.5 Å². The SMILES string of the molecule is CCCC(=O)[C@H](C)n1c(=O)c2c(C)c(C(=O)OCC)sc2n(C[C@H](OCCC#N)c2cc(F)ccc2OC)c1=O.S. The van der Waals surface area contributed by atoms with Gasteiger partial charge in [0.25, 0.3) is 5.56 Å². The second kappa shape index (κ2) is 15.0. The van der Waals surface area contributed by atoms with Crippen LogP contribution in [0.25, 0.3) is 10.2 Å². The normalized spacial score (nSPS) is 12.3. The van der Waals surface area contributed by atoms with Gasteiger partial charge in [-0.15, -0.1) is 11.3 Å². The van der Waals surface area contributed by atoms with Crippen molar-refractivity contribution in [1.29, 1.82) is 5.26 Å². The van der Waals surface area contributed by atoms with Crippen LogP contribution in [0.3, 0.4) is 0 Å². The molecule has 0 saturated heterocycles. The molecule has 0 aliphatic carbocycles. The van der Waals surface area contributed by atoms with Gasteiger partial charge in [0.05, 0.1) is 50.8 Å². The first-order chi connectivity index (χ1) is 19.1. The first-order valence-corrected chi connectivity index (χ1v) is 13.7. The van der Waals surface area contributed by atoms with Gasteiger partial charge in [-0.3, -0.25) is 14.2 Å². The largest absolute Gasteiger partial charge is 0.496 e. The summed E-state index contributed by atoms with van der Waals surface area (Å²) < 4.78 is 33.0. The number of esters is 1. The molecular formula is C28H34FN3O7S2. The van der Waals surface area contributed by atoms with Gasteiger partial charge in [-0.05, 0) is 51.0 Å². The number of carbonyl (C=O) groups excluding carboxylic acids is 2. The van der Waals surface area contributed by atoms with Gasteiger partial charge < -0.3 is 14.2 Å². The number of methoxy groups -OCH3 is 1. The van der Waals surface area contributed by atoms with Crippen LogP contribution in [0.15, 0.2) is 27.8 Å². The summed E-state index contributed by atoms with van der Waals surface area (Å²) in [6.07, 6.45) is -0.248. The van der Waals surface area contributed by atoms with Gasteiger partial charge >= 0.3 is 11.7 Å². The third kappa shape index (κ3) is 7.06. The molecule has 0 aliphatic heterocycles. The Morgan fingerprint density at radius 2 is 1.93 bits per heavy atom. The van der Waals surface area contributed by atoms with Gasteiger partial charge in [-0.1, -0.05) is 6.92 Å². The third-order valence-corrected chi connectivity index (χ3v) is 7.77. The summed E-state index contributed by atoms with van der Waals surface area (Å²) >= 11 is 0.922. The number of fused-ring (bicyclic) bond motifs is 1. The van der Waals surface area contributed by atoms with E-state index >= 15 is 0 Å². The van der Waals surface area contributed by atoms with Gasteiger partial charge in [0.15, 0.2) is 5.78 Å². The van der Waals surface area contributed by atoms with Crippen molar-refractivity contribution in [2.24, 2.45) is 0 Å². The average molecular weight is 608 g/mol. The van der Waals surface area contributed by atoms with E-state index in [-0.39, 0.29) is 72.5 Å². The molecule has 0 N–H and O–H groups in total. The van der Waals surface area contributed by atoms with E-state index in [1.165, 1.54) is 36.8 Å². The van der Waals surface area contributed by atoms with Gasteiger partial charge in [0.1, 0.15) is 27.4 Å². The molecule has 1 aromatic carbocycles. The number of thiophene rings is 1. The standard InChI is InChI=1S/C28H32FN3O7S.H2S/c1-6-9-20(33)17(4)32-25(34)23-16(3)24(27(35)38-7-2)40-26(23)31(28(32)36)15-22(39-13-8-12-30)19-14-18(29)10-11-21(19)37-5;/h10-11,14,17,22H,6-9,13,15H2,1-5H3;1H2/t17-,22-;/m0./s1. The summed E-state index contributed by atoms with van der Waals surface area (Å²) in [6.45, 7) is 6.40. The number of halogens is 1. The van der Waals surface area contributed by atoms with Crippen LogP contribution >= 0.6 is 24.8 Å². The number of hydrogen-bond acceptors (Lipinski definition) is 9. The number of benzene rings is 1. The molecule has 3 rings (SSSR count). The minimum absolute atomic E-state index is 0. The molecule has 0 spiro atoms. The second-order valence-corrected chi connectivity index (χ2v) is 10.1. The smallest absolute Gasteiger partial charge is 0.348 e. The lowest BCUT2D eigenvalue weighted by atomic mass is 10.1. The predicted molar refractivity (Wildman–Crippen MR) is 158 cm³/mol. The summed E-state index contributed by atoms with van der Waals surface area (Å²) in [6, 6.07) is 4.76. The maximum atomic E-state index is 14.3. The van der Waals surface area contributed by atoms with Gasteiger partial charge in [-0.2, -0.15) is 18.8 Å². The summed E-state index contributed by atoms with van der Waals surface area (Å²) in [5.74, 6) is -1.21. The number of nitrogens with zero attached hydrogens (tertiary/aromatic N) is 3. The van der Waals surface area contributed by atoms with E-state index in [1.807, 2.05) is 13.0 Å². The first-order valence-electron chi connectivity index (χ1n) is 12.9. The lowest BCUT2D eigenvalue weighted by Gasteiger charge is -2.23. The van der Waals surface area contributed by atoms with E-state index in [0.717, 1.165) is 15.9 Å². The Morgan fingerprint density at radius 3 is 2.54 bits per heavy atom. The van der Waals surface area contributed by atoms with Crippen LogP contribution in [-0.2, 0) is 20.8 Å². The lowest BCUT2D eigenvalue weighted by molar-refractivity contribution is -0.122. The van der Waals surface area contributed by atoms with E-state index in [9.17, 15) is 23.6 Å². The molecule has 10 nitrogen and oxygen atoms in total. The highest BCUT2D eigenvalue weighted by Crippen LogP contribution is 2.33. The monoisotopic (exact) mass is 607 g/mol. The van der Waals surface area contributed by atoms with Crippen molar-refractivity contribution in [3.63, 3.8) is 0 Å². The van der Waals surface area contributed by atoms with Crippen molar-refractivity contribution in [2.75, 3.05) is 20.3 Å². The van der Waals surface area contributed by atoms with Crippen molar-refractivity contribution in [3.05, 3.63) is 60.9 Å². The molecule has 0 unspecified atom stereocenters. The van der Waals surface area contributed by atoms with Crippen LogP contribution in [0.4, 0.5) is 4.39 Å². The van der Waals surface area contributed by atoms with Gasteiger partial charge in [0.2, 0.25) is 0 Å². The van der Waals surface area contributed by atoms with Crippen molar-refractivity contribution < 1.29 is 28.2 Å². The summed E-state index contributed by atoms with van der Waals surface area (Å²) in [5, 5.41) is 9.14. The minimum atomic E-state index is -1.07. The molecule has 0 bridgehead atoms. The molecule has 41 heavy (non-hydrogen) atoms. The van der Waals surface area contributed by atoms with Crippen molar-refractivity contribution >= 4 is 46.8 Å². The molecule has 222 valence electrons. The lowest BCUT2D eigenvalue weighted by Crippen LogP contribution is -2.44. The van der Waals surface area contributed by atoms with Crippen LogP contribution in [0, 0.1) is 24.1 Å². The highest BCUT2D eigenvalue weighted by molar-refractivity contribution is 7.59. The number of nitriles is 1. The van der Waals surface area contributed by atoms with E-state index < -0.39 is 35.2 Å². The number of ether oxygens (including phenoxy) is 3. The van der Waals surface area contributed by atoms with Crippen molar-refractivity contribution in [3.8, 4) is 11.8 Å². The summed E-state index contributed by atoms with van der Waals surface area (Å²) in [7, 11) is 1.41. The van der Waals surface area contributed by atoms with Gasteiger partial charge in [-0.25, -0.2) is 18.5 Å². The van der Waals surface area contributed by atoms with Crippen molar-refractivity contribution in [2.45, 2.75) is 65.6 Å². The maximum Gasteiger partial charge on any atom is 0.348 e. The minimum Gasteiger partial charge on any atom is -0.496 e. The number of hydrogen-bond donors (Lipinski definition) is 0. The maximum absolute atomic E-state index is 14.3. The van der Waals surface area contributed by atoms with E-state index in [0.29, 0.717) is 17.7 Å². The number of ketones is 1. The number of aryl methyl sites for hydroxylation is 1. The Morgan fingerprint density at radius 1 is 1.22 bits per heavy atom. The average Bonchev–Trinajstić information content (AvgIpc) is 3.27. The van der Waals surface area contributed by atoms with Crippen LogP contribution < -0.4 is 16.0 Å². The van der Waals surface area contributed by atoms with E-state index in [1.54, 1.807) is 13.8 Å². The van der Waals surface area contributed by atoms with Crippen molar-refractivity contribution in [1.82, 2.24) is 9.13 Å². The fourth-order valence-corrected chi connectivity index (χ4v) is 5.66. The molecule has 0 fully saturated rings. The zero-order chi connectivity index (χ0) is 29.6. The van der Waals surface area contributed by atoms with Gasteiger partial charge in [0, 0.05) is 12.0 Å². The van der Waals surface area contributed by atoms with E-state index in [2.05, 4.69) is 0 Å². The Balaban J connectivity index is 0.00000588. The Kier molecular flexibility index (Phi) is 12.3. The number of carbonyl (C=O) groups is 2. The zero-order valence-corrected chi connectivity index (χ0v) is 25.4. The quantitative estimate of drug-likeness (QED) is 0.204. The number of aromatic nitrogens is 2. The molecular weight excluding hydrogens is 573 g/mol. The van der Waals surface area contributed by atoms with Crippen LogP contribution in [0.2, 0.25) is 0 Å². The topological polar surface area (TPSA) is 130 Å². The summed E-state index contributed by atoms with van der Waals surface area (Å²) in [5.41, 5.74) is -0.864. The molecule has 2 atom stereocenters. The second-order valence-electron chi connectivity index (χ2n) is 9.07. The highest BCUT2D eigenvalue weighted by Gasteiger charge is 2.29. The third-order valence-electron chi connectivity index (χ3n) is 6.47. The fraction of sp³-hybridized carbons (Fsp3) is 0.464. The molecule has 0 amide bonds. The molecule has 0 radical (unpaired) electrons. The Hall–Kier alpha value is -3.47. The highest BCUT2D eigenvalue weighted by atomic mass is 32.1. The molecule has 13 heteroatoms. The number of rotatable bonds is 13. The Bertz CT molecular complexity index is 1570. The molecule has 0 saturated carbocycles.